The Morgan fingerprint density at radius 1 is 1.19 bits per heavy atom. The van der Waals surface area contributed by atoms with Gasteiger partial charge in [0, 0.05) is 44.6 Å². The van der Waals surface area contributed by atoms with Gasteiger partial charge in [-0.25, -0.2) is 0 Å². The summed E-state index contributed by atoms with van der Waals surface area (Å²) in [6, 6.07) is 11.7. The molecule has 0 saturated carbocycles. The van der Waals surface area contributed by atoms with Crippen LogP contribution in [0, 0.1) is 0 Å². The molecule has 1 amide bonds. The third kappa shape index (κ3) is 4.52. The highest BCUT2D eigenvalue weighted by Crippen LogP contribution is 2.18. The summed E-state index contributed by atoms with van der Waals surface area (Å²) in [5.74, 6) is 0.702. The fourth-order valence-corrected chi connectivity index (χ4v) is 3.12. The summed E-state index contributed by atoms with van der Waals surface area (Å²) in [4.78, 5) is 21.3. The number of aromatic nitrogens is 1. The molecule has 0 bridgehead atoms. The van der Waals surface area contributed by atoms with Crippen molar-refractivity contribution in [3.63, 3.8) is 0 Å². The molecule has 1 N–H and O–H groups in total. The first-order valence-electron chi connectivity index (χ1n) is 8.97. The quantitative estimate of drug-likeness (QED) is 0.857. The Labute approximate surface area is 154 Å². The van der Waals surface area contributed by atoms with E-state index in [1.807, 2.05) is 36.4 Å². The highest BCUT2D eigenvalue weighted by molar-refractivity contribution is 5.93. The molecule has 0 spiro atoms. The van der Waals surface area contributed by atoms with Gasteiger partial charge in [-0.2, -0.15) is 0 Å². The summed E-state index contributed by atoms with van der Waals surface area (Å²) in [5.41, 5.74) is 2.60. The highest BCUT2D eigenvalue weighted by Gasteiger charge is 2.16. The standard InChI is InChI=1S/C20H26N4O2/c1-23-11-13-24(14-12-23)17-8-10-21-18(15-17)20(25)22-9-7-16-5-3-4-6-19(16)26-2/h3-6,8,10,15H,7,9,11-14H2,1-2H3,(H,22,25). The Kier molecular flexibility index (Phi) is 6.07. The number of benzene rings is 1. The zero-order valence-corrected chi connectivity index (χ0v) is 15.4. The van der Waals surface area contributed by atoms with Gasteiger partial charge >= 0.3 is 0 Å². The van der Waals surface area contributed by atoms with Crippen LogP contribution in [0.2, 0.25) is 0 Å². The number of ether oxygens (including phenoxy) is 1. The van der Waals surface area contributed by atoms with Crippen molar-refractivity contribution in [2.75, 3.05) is 51.8 Å². The van der Waals surface area contributed by atoms with Gasteiger partial charge in [0.05, 0.1) is 7.11 Å². The van der Waals surface area contributed by atoms with E-state index >= 15 is 0 Å². The Bertz CT molecular complexity index is 742. The normalized spacial score (nSPS) is 14.9. The smallest absolute Gasteiger partial charge is 0.269 e. The van der Waals surface area contributed by atoms with Crippen molar-refractivity contribution in [1.29, 1.82) is 0 Å². The van der Waals surface area contributed by atoms with Crippen LogP contribution in [-0.2, 0) is 6.42 Å². The topological polar surface area (TPSA) is 57.7 Å². The Hall–Kier alpha value is -2.60. The van der Waals surface area contributed by atoms with Gasteiger partial charge in [0.25, 0.3) is 5.91 Å². The largest absolute Gasteiger partial charge is 0.496 e. The molecule has 6 heteroatoms. The zero-order valence-electron chi connectivity index (χ0n) is 15.4. The fraction of sp³-hybridized carbons (Fsp3) is 0.400. The van der Waals surface area contributed by atoms with Crippen molar-refractivity contribution >= 4 is 11.6 Å². The number of nitrogens with one attached hydrogen (secondary N) is 1. The number of anilines is 1. The van der Waals surface area contributed by atoms with Gasteiger partial charge in [-0.15, -0.1) is 0 Å². The van der Waals surface area contributed by atoms with Gasteiger partial charge in [0.1, 0.15) is 11.4 Å². The highest BCUT2D eigenvalue weighted by atomic mass is 16.5. The number of carbonyl (C=O) groups is 1. The van der Waals surface area contributed by atoms with Crippen LogP contribution in [0.25, 0.3) is 0 Å². The third-order valence-electron chi connectivity index (χ3n) is 4.72. The molecule has 1 aliphatic heterocycles. The minimum atomic E-state index is -0.143. The zero-order chi connectivity index (χ0) is 18.4. The molecule has 0 radical (unpaired) electrons. The van der Waals surface area contributed by atoms with E-state index in [2.05, 4.69) is 27.1 Å². The predicted molar refractivity (Wildman–Crippen MR) is 103 cm³/mol. The number of nitrogens with zero attached hydrogens (tertiary/aromatic N) is 3. The molecule has 0 aliphatic carbocycles. The lowest BCUT2D eigenvalue weighted by Crippen LogP contribution is -2.44. The monoisotopic (exact) mass is 354 g/mol. The van der Waals surface area contributed by atoms with E-state index in [0.29, 0.717) is 18.7 Å². The molecule has 26 heavy (non-hydrogen) atoms. The number of amides is 1. The van der Waals surface area contributed by atoms with E-state index in [1.165, 1.54) is 0 Å². The first-order valence-corrected chi connectivity index (χ1v) is 8.97. The second-order valence-corrected chi connectivity index (χ2v) is 6.51. The van der Waals surface area contributed by atoms with Gasteiger partial charge in [-0.05, 0) is 37.2 Å². The van der Waals surface area contributed by atoms with Gasteiger partial charge in [-0.1, -0.05) is 18.2 Å². The minimum absolute atomic E-state index is 0.143. The molecule has 0 atom stereocenters. The maximum absolute atomic E-state index is 12.4. The van der Waals surface area contributed by atoms with Crippen LogP contribution in [0.4, 0.5) is 5.69 Å². The third-order valence-corrected chi connectivity index (χ3v) is 4.72. The Balaban J connectivity index is 1.57. The van der Waals surface area contributed by atoms with Gasteiger partial charge < -0.3 is 19.9 Å². The van der Waals surface area contributed by atoms with Crippen LogP contribution in [0.1, 0.15) is 16.1 Å². The first-order chi connectivity index (χ1) is 12.7. The molecular weight excluding hydrogens is 328 g/mol. The van der Waals surface area contributed by atoms with Gasteiger partial charge in [0.2, 0.25) is 0 Å². The SMILES string of the molecule is COc1ccccc1CCNC(=O)c1cc(N2CCN(C)CC2)ccn1. The number of pyridine rings is 1. The fourth-order valence-electron chi connectivity index (χ4n) is 3.12. The number of hydrogen-bond acceptors (Lipinski definition) is 5. The maximum atomic E-state index is 12.4. The predicted octanol–water partition coefficient (Wildman–Crippen LogP) is 1.81. The van der Waals surface area contributed by atoms with E-state index in [4.69, 9.17) is 4.74 Å². The van der Waals surface area contributed by atoms with Crippen molar-refractivity contribution in [2.24, 2.45) is 0 Å². The lowest BCUT2D eigenvalue weighted by atomic mass is 10.1. The lowest BCUT2D eigenvalue weighted by Gasteiger charge is -2.34. The lowest BCUT2D eigenvalue weighted by molar-refractivity contribution is 0.0949. The summed E-state index contributed by atoms with van der Waals surface area (Å²) in [7, 11) is 3.79. The van der Waals surface area contributed by atoms with Crippen LogP contribution in [0.3, 0.4) is 0 Å². The van der Waals surface area contributed by atoms with Crippen LogP contribution in [0.5, 0.6) is 5.75 Å². The van der Waals surface area contributed by atoms with Crippen molar-refractivity contribution in [1.82, 2.24) is 15.2 Å². The molecule has 6 nitrogen and oxygen atoms in total. The van der Waals surface area contributed by atoms with Gasteiger partial charge in [0.15, 0.2) is 0 Å². The summed E-state index contributed by atoms with van der Waals surface area (Å²) in [6.45, 7) is 4.54. The number of carbonyl (C=O) groups excluding carboxylic acids is 1. The molecule has 0 unspecified atom stereocenters. The number of hydrogen-bond donors (Lipinski definition) is 1. The average molecular weight is 354 g/mol. The van der Waals surface area contributed by atoms with Crippen LogP contribution in [-0.4, -0.2) is 62.7 Å². The van der Waals surface area contributed by atoms with Crippen LogP contribution < -0.4 is 15.0 Å². The molecule has 2 heterocycles. The number of para-hydroxylation sites is 1. The molecule has 1 fully saturated rings. The van der Waals surface area contributed by atoms with Crippen LogP contribution in [0.15, 0.2) is 42.6 Å². The average Bonchev–Trinajstić information content (AvgIpc) is 2.69. The summed E-state index contributed by atoms with van der Waals surface area (Å²) in [6.07, 6.45) is 2.43. The van der Waals surface area contributed by atoms with E-state index in [0.717, 1.165) is 43.2 Å². The molecule has 1 aromatic heterocycles. The number of rotatable bonds is 6. The molecular formula is C20H26N4O2. The minimum Gasteiger partial charge on any atom is -0.496 e. The van der Waals surface area contributed by atoms with Crippen LogP contribution >= 0.6 is 0 Å². The molecule has 1 aliphatic rings. The number of likely N-dealkylation sites (N-methyl/N-ethyl adjacent to an activating group) is 1. The first kappa shape index (κ1) is 18.2. The molecule has 1 aromatic carbocycles. The summed E-state index contributed by atoms with van der Waals surface area (Å²) in [5, 5.41) is 2.95. The van der Waals surface area contributed by atoms with Gasteiger partial charge in [-0.3, -0.25) is 9.78 Å². The number of piperazine rings is 1. The number of methoxy groups -OCH3 is 1. The van der Waals surface area contributed by atoms with Crippen molar-refractivity contribution in [3.05, 3.63) is 53.9 Å². The maximum Gasteiger partial charge on any atom is 0.269 e. The van der Waals surface area contributed by atoms with E-state index in [-0.39, 0.29) is 5.91 Å². The van der Waals surface area contributed by atoms with Crippen molar-refractivity contribution < 1.29 is 9.53 Å². The van der Waals surface area contributed by atoms with E-state index in [9.17, 15) is 4.79 Å². The molecule has 1 saturated heterocycles. The molecule has 138 valence electrons. The Morgan fingerprint density at radius 3 is 2.73 bits per heavy atom. The molecule has 3 rings (SSSR count). The van der Waals surface area contributed by atoms with Crippen molar-refractivity contribution in [3.8, 4) is 5.75 Å². The Morgan fingerprint density at radius 2 is 1.96 bits per heavy atom. The second-order valence-electron chi connectivity index (χ2n) is 6.51. The summed E-state index contributed by atoms with van der Waals surface area (Å²) >= 11 is 0. The van der Waals surface area contributed by atoms with E-state index in [1.54, 1.807) is 13.3 Å². The summed E-state index contributed by atoms with van der Waals surface area (Å²) < 4.78 is 5.34. The van der Waals surface area contributed by atoms with E-state index < -0.39 is 0 Å². The van der Waals surface area contributed by atoms with Crippen molar-refractivity contribution in [2.45, 2.75) is 6.42 Å². The molecule has 2 aromatic rings. The second kappa shape index (κ2) is 8.67.